The smallest absolute Gasteiger partial charge is 0.224 e. The van der Waals surface area contributed by atoms with Gasteiger partial charge in [0.05, 0.1) is 12.2 Å². The Kier molecular flexibility index (Phi) is 7.44. The van der Waals surface area contributed by atoms with Crippen molar-refractivity contribution in [2.75, 3.05) is 43.4 Å². The number of sulfonamides is 1. The van der Waals surface area contributed by atoms with Gasteiger partial charge in [-0.25, -0.2) is 12.8 Å². The van der Waals surface area contributed by atoms with Crippen LogP contribution in [-0.4, -0.2) is 57.1 Å². The van der Waals surface area contributed by atoms with Crippen LogP contribution in [0.4, 0.5) is 10.1 Å². The summed E-state index contributed by atoms with van der Waals surface area (Å²) in [5.41, 5.74) is 2.94. The molecule has 0 spiro atoms. The van der Waals surface area contributed by atoms with Crippen LogP contribution in [0, 0.1) is 12.7 Å². The van der Waals surface area contributed by atoms with Crippen molar-refractivity contribution in [2.45, 2.75) is 19.8 Å². The molecular weight excluding hydrogens is 405 g/mol. The molecule has 1 N–H and O–H groups in total. The summed E-state index contributed by atoms with van der Waals surface area (Å²) in [6, 6.07) is 14.0. The number of carbonyl (C=O) groups is 1. The van der Waals surface area contributed by atoms with Gasteiger partial charge in [-0.3, -0.25) is 4.79 Å². The molecule has 2 aromatic carbocycles. The van der Waals surface area contributed by atoms with E-state index >= 15 is 0 Å². The number of hydrogen-bond acceptors (Lipinski definition) is 4. The molecule has 1 saturated heterocycles. The monoisotopic (exact) mass is 433 g/mol. The Hall–Kier alpha value is -2.45. The molecule has 0 saturated carbocycles. The highest BCUT2D eigenvalue weighted by atomic mass is 32.2. The minimum Gasteiger partial charge on any atom is -0.369 e. The molecule has 8 heteroatoms. The Balaban J connectivity index is 1.39. The summed E-state index contributed by atoms with van der Waals surface area (Å²) in [5, 5.41) is 2.80. The third-order valence-corrected chi connectivity index (χ3v) is 7.13. The van der Waals surface area contributed by atoms with Crippen LogP contribution in [-0.2, 0) is 21.2 Å². The molecule has 0 aliphatic carbocycles. The van der Waals surface area contributed by atoms with E-state index in [-0.39, 0.29) is 17.5 Å². The van der Waals surface area contributed by atoms with E-state index in [1.165, 1.54) is 16.4 Å². The third kappa shape index (κ3) is 6.27. The van der Waals surface area contributed by atoms with Crippen molar-refractivity contribution in [3.63, 3.8) is 0 Å². The first-order valence-corrected chi connectivity index (χ1v) is 11.7. The van der Waals surface area contributed by atoms with E-state index in [1.54, 1.807) is 12.1 Å². The average molecular weight is 434 g/mol. The molecule has 1 fully saturated rings. The van der Waals surface area contributed by atoms with Gasteiger partial charge < -0.3 is 10.2 Å². The Bertz CT molecular complexity index is 956. The number of nitrogens with one attached hydrogen (secondary N) is 1. The molecule has 6 nitrogen and oxygen atoms in total. The fraction of sp³-hybridized carbons (Fsp3) is 0.409. The first-order chi connectivity index (χ1) is 14.3. The van der Waals surface area contributed by atoms with Crippen LogP contribution in [0.3, 0.4) is 0 Å². The van der Waals surface area contributed by atoms with Gasteiger partial charge in [0.1, 0.15) is 5.82 Å². The van der Waals surface area contributed by atoms with E-state index in [9.17, 15) is 17.6 Å². The van der Waals surface area contributed by atoms with Crippen molar-refractivity contribution >= 4 is 21.6 Å². The zero-order chi connectivity index (χ0) is 21.6. The molecule has 1 amide bonds. The van der Waals surface area contributed by atoms with E-state index in [0.29, 0.717) is 45.6 Å². The van der Waals surface area contributed by atoms with Gasteiger partial charge in [0.2, 0.25) is 15.9 Å². The maximum absolute atomic E-state index is 13.1. The van der Waals surface area contributed by atoms with Gasteiger partial charge in [-0.2, -0.15) is 4.31 Å². The lowest BCUT2D eigenvalue weighted by Gasteiger charge is -2.35. The molecule has 1 aliphatic rings. The van der Waals surface area contributed by atoms with Crippen molar-refractivity contribution in [1.29, 1.82) is 0 Å². The van der Waals surface area contributed by atoms with Crippen LogP contribution in [0.1, 0.15) is 17.5 Å². The number of carbonyl (C=O) groups excluding carboxylic acids is 1. The molecule has 3 rings (SSSR count). The van der Waals surface area contributed by atoms with E-state index in [1.807, 2.05) is 31.2 Å². The van der Waals surface area contributed by atoms with Crippen LogP contribution < -0.4 is 10.2 Å². The molecule has 0 unspecified atom stereocenters. The number of aryl methyl sites for hydroxylation is 1. The molecule has 2 aromatic rings. The van der Waals surface area contributed by atoms with Crippen molar-refractivity contribution in [3.05, 3.63) is 65.5 Å². The van der Waals surface area contributed by atoms with Gasteiger partial charge in [0.25, 0.3) is 0 Å². The van der Waals surface area contributed by atoms with Crippen LogP contribution >= 0.6 is 0 Å². The number of benzene rings is 2. The minimum atomic E-state index is -3.36. The standard InChI is InChI=1S/C22H28FN3O3S/c1-18-4-2-5-19(16-18)17-22(27)24-10-3-15-30(28,29)26-13-11-25(12-14-26)21-8-6-20(23)7-9-21/h2,4-9,16H,3,10-15,17H2,1H3,(H,24,27). The molecule has 0 bridgehead atoms. The topological polar surface area (TPSA) is 69.7 Å². The summed E-state index contributed by atoms with van der Waals surface area (Å²) in [6.45, 7) is 4.25. The quantitative estimate of drug-likeness (QED) is 0.649. The van der Waals surface area contributed by atoms with Gasteiger partial charge in [0.15, 0.2) is 0 Å². The molecule has 1 aliphatic heterocycles. The molecule has 0 aromatic heterocycles. The van der Waals surface area contributed by atoms with Crippen molar-refractivity contribution < 1.29 is 17.6 Å². The lowest BCUT2D eigenvalue weighted by molar-refractivity contribution is -0.120. The number of amides is 1. The van der Waals surface area contributed by atoms with Gasteiger partial charge in [0, 0.05) is 38.4 Å². The zero-order valence-corrected chi connectivity index (χ0v) is 18.0. The summed E-state index contributed by atoms with van der Waals surface area (Å²) in [6.07, 6.45) is 0.667. The predicted octanol–water partition coefficient (Wildman–Crippen LogP) is 2.33. The number of piperazine rings is 1. The highest BCUT2D eigenvalue weighted by Gasteiger charge is 2.26. The summed E-state index contributed by atoms with van der Waals surface area (Å²) < 4.78 is 39.7. The summed E-state index contributed by atoms with van der Waals surface area (Å²) in [5.74, 6) is -0.384. The molecular formula is C22H28FN3O3S. The fourth-order valence-electron chi connectivity index (χ4n) is 3.56. The first-order valence-electron chi connectivity index (χ1n) is 10.1. The second kappa shape index (κ2) is 10.0. The van der Waals surface area contributed by atoms with Crippen LogP contribution in [0.25, 0.3) is 0 Å². The van der Waals surface area contributed by atoms with Gasteiger partial charge in [-0.1, -0.05) is 29.8 Å². The van der Waals surface area contributed by atoms with E-state index in [2.05, 4.69) is 10.2 Å². The Morgan fingerprint density at radius 2 is 1.77 bits per heavy atom. The highest BCUT2D eigenvalue weighted by Crippen LogP contribution is 2.18. The third-order valence-electron chi connectivity index (χ3n) is 5.17. The lowest BCUT2D eigenvalue weighted by Crippen LogP contribution is -2.49. The minimum absolute atomic E-state index is 0.00821. The number of anilines is 1. The zero-order valence-electron chi connectivity index (χ0n) is 17.2. The maximum atomic E-state index is 13.1. The van der Waals surface area contributed by atoms with Crippen LogP contribution in [0.15, 0.2) is 48.5 Å². The molecule has 30 heavy (non-hydrogen) atoms. The van der Waals surface area contributed by atoms with Gasteiger partial charge >= 0.3 is 0 Å². The van der Waals surface area contributed by atoms with Gasteiger partial charge in [-0.05, 0) is 43.2 Å². The average Bonchev–Trinajstić information content (AvgIpc) is 2.72. The number of hydrogen-bond donors (Lipinski definition) is 1. The van der Waals surface area contributed by atoms with E-state index in [4.69, 9.17) is 0 Å². The van der Waals surface area contributed by atoms with E-state index < -0.39 is 10.0 Å². The van der Waals surface area contributed by atoms with Crippen molar-refractivity contribution in [2.24, 2.45) is 0 Å². The maximum Gasteiger partial charge on any atom is 0.224 e. The molecule has 162 valence electrons. The van der Waals surface area contributed by atoms with Crippen LogP contribution in [0.2, 0.25) is 0 Å². The van der Waals surface area contributed by atoms with Crippen molar-refractivity contribution in [1.82, 2.24) is 9.62 Å². The van der Waals surface area contributed by atoms with Gasteiger partial charge in [-0.15, -0.1) is 0 Å². The fourth-order valence-corrected chi connectivity index (χ4v) is 5.04. The Morgan fingerprint density at radius 3 is 2.43 bits per heavy atom. The van der Waals surface area contributed by atoms with E-state index in [0.717, 1.165) is 16.8 Å². The second-order valence-corrected chi connectivity index (χ2v) is 9.64. The van der Waals surface area contributed by atoms with Crippen molar-refractivity contribution in [3.8, 4) is 0 Å². The van der Waals surface area contributed by atoms with Crippen LogP contribution in [0.5, 0.6) is 0 Å². The number of rotatable bonds is 8. The molecule has 0 radical (unpaired) electrons. The normalized spacial score (nSPS) is 15.2. The summed E-state index contributed by atoms with van der Waals surface area (Å²) in [7, 11) is -3.36. The second-order valence-electron chi connectivity index (χ2n) is 7.55. The Morgan fingerprint density at radius 1 is 1.07 bits per heavy atom. The summed E-state index contributed by atoms with van der Waals surface area (Å²) >= 11 is 0. The predicted molar refractivity (Wildman–Crippen MR) is 116 cm³/mol. The largest absolute Gasteiger partial charge is 0.369 e. The lowest BCUT2D eigenvalue weighted by atomic mass is 10.1. The molecule has 1 heterocycles. The number of nitrogens with zero attached hydrogens (tertiary/aromatic N) is 2. The molecule has 0 atom stereocenters. The SMILES string of the molecule is Cc1cccc(CC(=O)NCCCS(=O)(=O)N2CCN(c3ccc(F)cc3)CC2)c1. The number of halogens is 1. The highest BCUT2D eigenvalue weighted by molar-refractivity contribution is 7.89. The first kappa shape index (κ1) is 22.2. The Labute approximate surface area is 177 Å². The summed E-state index contributed by atoms with van der Waals surface area (Å²) in [4.78, 5) is 14.1.